The van der Waals surface area contributed by atoms with E-state index in [4.69, 9.17) is 5.11 Å². The predicted octanol–water partition coefficient (Wildman–Crippen LogP) is 0.632. The Morgan fingerprint density at radius 3 is 2.33 bits per heavy atom. The van der Waals surface area contributed by atoms with Crippen LogP contribution in [0.15, 0.2) is 31.0 Å². The predicted molar refractivity (Wildman–Crippen MR) is 50.0 cm³/mol. The van der Waals surface area contributed by atoms with Gasteiger partial charge in [-0.1, -0.05) is 0 Å². The van der Waals surface area contributed by atoms with Gasteiger partial charge >= 0.3 is 5.97 Å². The van der Waals surface area contributed by atoms with Crippen molar-refractivity contribution in [1.82, 2.24) is 19.9 Å². The summed E-state index contributed by atoms with van der Waals surface area (Å²) >= 11 is 0. The molecule has 0 aromatic carbocycles. The molecule has 74 valence electrons. The molecule has 0 aliphatic carbocycles. The fourth-order valence-electron chi connectivity index (χ4n) is 1.00. The first kappa shape index (κ1) is 9.20. The molecule has 0 amide bonds. The van der Waals surface area contributed by atoms with Gasteiger partial charge in [0.05, 0.1) is 18.6 Å². The van der Waals surface area contributed by atoms with Gasteiger partial charge in [-0.3, -0.25) is 15.0 Å². The lowest BCUT2D eigenvalue weighted by molar-refractivity contribution is 0.0690. The van der Waals surface area contributed by atoms with E-state index in [1.54, 1.807) is 6.20 Å². The third-order valence-electron chi connectivity index (χ3n) is 1.70. The van der Waals surface area contributed by atoms with E-state index in [-0.39, 0.29) is 5.69 Å². The SMILES string of the molecule is O=C(O)c1cnc(-c2cnccn2)cn1. The molecule has 0 saturated heterocycles. The molecule has 2 rings (SSSR count). The molecule has 2 aromatic rings. The lowest BCUT2D eigenvalue weighted by atomic mass is 10.3. The molecule has 0 aliphatic heterocycles. The summed E-state index contributed by atoms with van der Waals surface area (Å²) in [5.41, 5.74) is 0.956. The summed E-state index contributed by atoms with van der Waals surface area (Å²) in [6.45, 7) is 0. The first-order valence-corrected chi connectivity index (χ1v) is 4.09. The largest absolute Gasteiger partial charge is 0.476 e. The van der Waals surface area contributed by atoms with Crippen LogP contribution in [0.2, 0.25) is 0 Å². The van der Waals surface area contributed by atoms with Gasteiger partial charge in [-0.05, 0) is 0 Å². The van der Waals surface area contributed by atoms with Gasteiger partial charge in [-0.25, -0.2) is 9.78 Å². The molecule has 0 fully saturated rings. The Labute approximate surface area is 84.7 Å². The highest BCUT2D eigenvalue weighted by Gasteiger charge is 2.06. The van der Waals surface area contributed by atoms with E-state index >= 15 is 0 Å². The fourth-order valence-corrected chi connectivity index (χ4v) is 1.00. The Kier molecular flexibility index (Phi) is 2.32. The van der Waals surface area contributed by atoms with Gasteiger partial charge in [0.25, 0.3) is 0 Å². The van der Waals surface area contributed by atoms with Gasteiger partial charge < -0.3 is 5.11 Å². The number of aromatic nitrogens is 4. The summed E-state index contributed by atoms with van der Waals surface area (Å²) in [5, 5.41) is 8.62. The molecule has 0 atom stereocenters. The van der Waals surface area contributed by atoms with Crippen molar-refractivity contribution in [3.05, 3.63) is 36.7 Å². The zero-order valence-corrected chi connectivity index (χ0v) is 7.53. The minimum atomic E-state index is -1.10. The molecule has 0 unspecified atom stereocenters. The molecule has 6 heteroatoms. The summed E-state index contributed by atoms with van der Waals surface area (Å²) in [7, 11) is 0. The van der Waals surface area contributed by atoms with Crippen molar-refractivity contribution in [2.24, 2.45) is 0 Å². The van der Waals surface area contributed by atoms with Crippen molar-refractivity contribution in [3.8, 4) is 11.4 Å². The Hall–Kier alpha value is -2.37. The van der Waals surface area contributed by atoms with Crippen LogP contribution >= 0.6 is 0 Å². The van der Waals surface area contributed by atoms with Gasteiger partial charge in [-0.15, -0.1) is 0 Å². The normalized spacial score (nSPS) is 9.87. The number of carbonyl (C=O) groups is 1. The van der Waals surface area contributed by atoms with Crippen LogP contribution in [-0.2, 0) is 0 Å². The van der Waals surface area contributed by atoms with Gasteiger partial charge in [0.1, 0.15) is 11.4 Å². The molecule has 6 nitrogen and oxygen atoms in total. The molecule has 0 bridgehead atoms. The highest BCUT2D eigenvalue weighted by Crippen LogP contribution is 2.10. The maximum atomic E-state index is 10.5. The van der Waals surface area contributed by atoms with Crippen LogP contribution in [0.1, 0.15) is 10.5 Å². The Balaban J connectivity index is 2.36. The van der Waals surface area contributed by atoms with E-state index < -0.39 is 5.97 Å². The van der Waals surface area contributed by atoms with Crippen molar-refractivity contribution in [3.63, 3.8) is 0 Å². The first-order chi connectivity index (χ1) is 7.27. The van der Waals surface area contributed by atoms with Gasteiger partial charge in [0.15, 0.2) is 5.69 Å². The Morgan fingerprint density at radius 2 is 1.80 bits per heavy atom. The number of hydrogen-bond donors (Lipinski definition) is 1. The molecule has 2 aromatic heterocycles. The third kappa shape index (κ3) is 1.93. The van der Waals surface area contributed by atoms with E-state index in [1.165, 1.54) is 24.8 Å². The number of hydrogen-bond acceptors (Lipinski definition) is 5. The van der Waals surface area contributed by atoms with Crippen LogP contribution in [-0.4, -0.2) is 31.0 Å². The smallest absolute Gasteiger partial charge is 0.356 e. The standard InChI is InChI=1S/C9H6N4O2/c14-9(15)8-5-12-7(4-13-8)6-3-10-1-2-11-6/h1-5H,(H,14,15). The monoisotopic (exact) mass is 202 g/mol. The van der Waals surface area contributed by atoms with Crippen LogP contribution in [0, 0.1) is 0 Å². The fraction of sp³-hybridized carbons (Fsp3) is 0. The maximum Gasteiger partial charge on any atom is 0.356 e. The number of nitrogens with zero attached hydrogens (tertiary/aromatic N) is 4. The van der Waals surface area contributed by atoms with Crippen LogP contribution in [0.4, 0.5) is 0 Å². The molecule has 1 N–H and O–H groups in total. The minimum Gasteiger partial charge on any atom is -0.476 e. The molecule has 0 radical (unpaired) electrons. The van der Waals surface area contributed by atoms with Crippen molar-refractivity contribution in [2.75, 3.05) is 0 Å². The summed E-state index contributed by atoms with van der Waals surface area (Å²) in [6.07, 6.45) is 7.15. The average molecular weight is 202 g/mol. The molecule has 0 saturated carbocycles. The molecule has 0 spiro atoms. The highest BCUT2D eigenvalue weighted by atomic mass is 16.4. The molecular formula is C9H6N4O2. The number of rotatable bonds is 2. The highest BCUT2D eigenvalue weighted by molar-refractivity contribution is 5.85. The quantitative estimate of drug-likeness (QED) is 0.768. The summed E-state index contributed by atoms with van der Waals surface area (Å²) < 4.78 is 0. The topological polar surface area (TPSA) is 88.9 Å². The second-order valence-corrected chi connectivity index (χ2v) is 2.68. The van der Waals surface area contributed by atoms with Gasteiger partial charge in [-0.2, -0.15) is 0 Å². The molecule has 0 aliphatic rings. The Morgan fingerprint density at radius 1 is 1.00 bits per heavy atom. The number of aromatic carboxylic acids is 1. The summed E-state index contributed by atoms with van der Waals surface area (Å²) in [6, 6.07) is 0. The minimum absolute atomic E-state index is 0.0948. The third-order valence-corrected chi connectivity index (χ3v) is 1.70. The van der Waals surface area contributed by atoms with Crippen LogP contribution < -0.4 is 0 Å². The van der Waals surface area contributed by atoms with E-state index in [0.29, 0.717) is 11.4 Å². The lowest BCUT2D eigenvalue weighted by Crippen LogP contribution is -2.01. The second-order valence-electron chi connectivity index (χ2n) is 2.68. The second kappa shape index (κ2) is 3.79. The summed E-state index contributed by atoms with van der Waals surface area (Å²) in [5.74, 6) is -1.10. The van der Waals surface area contributed by atoms with Crippen LogP contribution in [0.3, 0.4) is 0 Å². The zero-order valence-electron chi connectivity index (χ0n) is 7.53. The van der Waals surface area contributed by atoms with E-state index in [9.17, 15) is 4.79 Å². The number of carboxylic acids is 1. The number of carboxylic acid groups (broad SMARTS) is 1. The van der Waals surface area contributed by atoms with Crippen molar-refractivity contribution < 1.29 is 9.90 Å². The van der Waals surface area contributed by atoms with Gasteiger partial charge in [0, 0.05) is 12.4 Å². The van der Waals surface area contributed by atoms with Gasteiger partial charge in [0.2, 0.25) is 0 Å². The van der Waals surface area contributed by atoms with E-state index in [2.05, 4.69) is 19.9 Å². The molecular weight excluding hydrogens is 196 g/mol. The lowest BCUT2D eigenvalue weighted by Gasteiger charge is -1.98. The van der Waals surface area contributed by atoms with Crippen molar-refractivity contribution >= 4 is 5.97 Å². The first-order valence-electron chi connectivity index (χ1n) is 4.09. The van der Waals surface area contributed by atoms with Crippen molar-refractivity contribution in [1.29, 1.82) is 0 Å². The van der Waals surface area contributed by atoms with Crippen LogP contribution in [0.5, 0.6) is 0 Å². The molecule has 15 heavy (non-hydrogen) atoms. The molecule has 2 heterocycles. The Bertz CT molecular complexity index is 469. The average Bonchev–Trinajstić information content (AvgIpc) is 2.30. The summed E-state index contributed by atoms with van der Waals surface area (Å²) in [4.78, 5) is 26.1. The van der Waals surface area contributed by atoms with Crippen LogP contribution in [0.25, 0.3) is 11.4 Å². The maximum absolute atomic E-state index is 10.5. The van der Waals surface area contributed by atoms with Crippen molar-refractivity contribution in [2.45, 2.75) is 0 Å². The van der Waals surface area contributed by atoms with E-state index in [1.807, 2.05) is 0 Å². The zero-order chi connectivity index (χ0) is 10.7. The van der Waals surface area contributed by atoms with E-state index in [0.717, 1.165) is 0 Å².